The van der Waals surface area contributed by atoms with Gasteiger partial charge in [0.2, 0.25) is 10.0 Å². The van der Waals surface area contributed by atoms with Gasteiger partial charge < -0.3 is 10.0 Å². The van der Waals surface area contributed by atoms with Crippen molar-refractivity contribution in [1.29, 1.82) is 0 Å². The third kappa shape index (κ3) is 4.44. The molecule has 0 aliphatic carbocycles. The summed E-state index contributed by atoms with van der Waals surface area (Å²) in [6.07, 6.45) is 0.129. The summed E-state index contributed by atoms with van der Waals surface area (Å²) in [4.78, 5) is 1.92. The van der Waals surface area contributed by atoms with E-state index in [4.69, 9.17) is 34.8 Å². The van der Waals surface area contributed by atoms with E-state index in [0.717, 1.165) is 0 Å². The summed E-state index contributed by atoms with van der Waals surface area (Å²) < 4.78 is 28.3. The number of benzene rings is 2. The van der Waals surface area contributed by atoms with E-state index in [0.29, 0.717) is 45.8 Å². The van der Waals surface area contributed by atoms with E-state index in [9.17, 15) is 13.5 Å². The van der Waals surface area contributed by atoms with E-state index < -0.39 is 16.1 Å². The largest absolute Gasteiger partial charge is 0.391 e. The third-order valence-corrected chi connectivity index (χ3v) is 6.57. The Kier molecular flexibility index (Phi) is 6.01. The molecular formula is C17H17Cl3N2O3S. The molecule has 1 aliphatic rings. The summed E-state index contributed by atoms with van der Waals surface area (Å²) in [6.45, 7) is 1.03. The van der Waals surface area contributed by atoms with Gasteiger partial charge in [-0.1, -0.05) is 40.9 Å². The first-order valence-electron chi connectivity index (χ1n) is 7.92. The van der Waals surface area contributed by atoms with Crippen molar-refractivity contribution in [3.05, 3.63) is 57.0 Å². The average molecular weight is 436 g/mol. The van der Waals surface area contributed by atoms with Gasteiger partial charge in [-0.05, 0) is 42.3 Å². The van der Waals surface area contributed by atoms with Crippen LogP contribution in [-0.2, 0) is 16.6 Å². The van der Waals surface area contributed by atoms with E-state index >= 15 is 0 Å². The summed E-state index contributed by atoms with van der Waals surface area (Å²) in [5.74, 6) is 0. The Morgan fingerprint density at radius 3 is 2.54 bits per heavy atom. The molecule has 26 heavy (non-hydrogen) atoms. The van der Waals surface area contributed by atoms with Gasteiger partial charge in [0.15, 0.2) is 0 Å². The van der Waals surface area contributed by atoms with Gasteiger partial charge in [0.05, 0.1) is 21.8 Å². The van der Waals surface area contributed by atoms with Crippen molar-refractivity contribution >= 4 is 50.5 Å². The molecule has 1 heterocycles. The summed E-state index contributed by atoms with van der Waals surface area (Å²) in [7, 11) is -3.82. The number of sulfonamides is 1. The van der Waals surface area contributed by atoms with Gasteiger partial charge in [-0.15, -0.1) is 0 Å². The standard InChI is InChI=1S/C17H17Cl3N2O3S/c18-12-2-4-16(22-6-5-13(23)10-22)17(8-12)26(24,25)21-9-11-1-3-14(19)15(20)7-11/h1-4,7-8,13,21,23H,5-6,9-10H2/t13-/m1/s1. The van der Waals surface area contributed by atoms with Crippen molar-refractivity contribution in [3.63, 3.8) is 0 Å². The minimum Gasteiger partial charge on any atom is -0.391 e. The van der Waals surface area contributed by atoms with Crippen LogP contribution >= 0.6 is 34.8 Å². The highest BCUT2D eigenvalue weighted by atomic mass is 35.5. The van der Waals surface area contributed by atoms with Crippen LogP contribution in [0.4, 0.5) is 5.69 Å². The zero-order valence-corrected chi connectivity index (χ0v) is 16.7. The maximum absolute atomic E-state index is 12.9. The van der Waals surface area contributed by atoms with Gasteiger partial charge in [0.25, 0.3) is 0 Å². The second-order valence-corrected chi connectivity index (χ2v) is 9.06. The summed E-state index contributed by atoms with van der Waals surface area (Å²) >= 11 is 17.9. The molecule has 1 aliphatic heterocycles. The molecule has 140 valence electrons. The maximum Gasteiger partial charge on any atom is 0.242 e. The van der Waals surface area contributed by atoms with Gasteiger partial charge in [0.1, 0.15) is 4.90 Å². The molecule has 2 N–H and O–H groups in total. The molecule has 0 aromatic heterocycles. The minimum atomic E-state index is -3.82. The Morgan fingerprint density at radius 2 is 1.88 bits per heavy atom. The fourth-order valence-corrected chi connectivity index (χ4v) is 4.66. The molecule has 2 aromatic rings. The lowest BCUT2D eigenvalue weighted by Gasteiger charge is -2.22. The molecular weight excluding hydrogens is 419 g/mol. The Balaban J connectivity index is 1.86. The number of anilines is 1. The number of aliphatic hydroxyl groups is 1. The highest BCUT2D eigenvalue weighted by Gasteiger charge is 2.27. The Morgan fingerprint density at radius 1 is 1.12 bits per heavy atom. The van der Waals surface area contributed by atoms with Crippen molar-refractivity contribution in [3.8, 4) is 0 Å². The molecule has 0 radical (unpaired) electrons. The van der Waals surface area contributed by atoms with Crippen molar-refractivity contribution in [2.24, 2.45) is 0 Å². The number of hydrogen-bond donors (Lipinski definition) is 2. The van der Waals surface area contributed by atoms with Crippen LogP contribution in [0.25, 0.3) is 0 Å². The van der Waals surface area contributed by atoms with Crippen LogP contribution in [0.5, 0.6) is 0 Å². The van der Waals surface area contributed by atoms with Crippen LogP contribution in [0.15, 0.2) is 41.3 Å². The summed E-state index contributed by atoms with van der Waals surface area (Å²) in [5.41, 5.74) is 1.20. The maximum atomic E-state index is 12.9. The molecule has 0 bridgehead atoms. The molecule has 1 saturated heterocycles. The van der Waals surface area contributed by atoms with Gasteiger partial charge in [-0.3, -0.25) is 0 Å². The second-order valence-electron chi connectivity index (χ2n) is 6.07. The van der Waals surface area contributed by atoms with Crippen LogP contribution in [0.1, 0.15) is 12.0 Å². The van der Waals surface area contributed by atoms with Crippen LogP contribution in [0, 0.1) is 0 Å². The zero-order valence-electron chi connectivity index (χ0n) is 13.6. The van der Waals surface area contributed by atoms with Crippen molar-refractivity contribution in [2.75, 3.05) is 18.0 Å². The smallest absolute Gasteiger partial charge is 0.242 e. The highest BCUT2D eigenvalue weighted by molar-refractivity contribution is 7.89. The molecule has 9 heteroatoms. The third-order valence-electron chi connectivity index (χ3n) is 4.17. The predicted octanol–water partition coefficient (Wildman–Crippen LogP) is 3.70. The van der Waals surface area contributed by atoms with Gasteiger partial charge in [-0.25, -0.2) is 13.1 Å². The van der Waals surface area contributed by atoms with Crippen LogP contribution < -0.4 is 9.62 Å². The molecule has 3 rings (SSSR count). The molecule has 0 unspecified atom stereocenters. The van der Waals surface area contributed by atoms with E-state index in [2.05, 4.69) is 4.72 Å². The average Bonchev–Trinajstić information content (AvgIpc) is 3.02. The number of nitrogens with zero attached hydrogens (tertiary/aromatic N) is 1. The first-order chi connectivity index (χ1) is 12.3. The van der Waals surface area contributed by atoms with Gasteiger partial charge >= 0.3 is 0 Å². The lowest BCUT2D eigenvalue weighted by atomic mass is 10.2. The van der Waals surface area contributed by atoms with Crippen molar-refractivity contribution in [1.82, 2.24) is 4.72 Å². The monoisotopic (exact) mass is 434 g/mol. The molecule has 0 saturated carbocycles. The number of rotatable bonds is 5. The van der Waals surface area contributed by atoms with E-state index in [1.54, 1.807) is 30.3 Å². The zero-order chi connectivity index (χ0) is 18.9. The molecule has 0 amide bonds. The minimum absolute atomic E-state index is 0.0633. The molecule has 5 nitrogen and oxygen atoms in total. The summed E-state index contributed by atoms with van der Waals surface area (Å²) in [5, 5.41) is 10.8. The number of β-amino-alcohol motifs (C(OH)–C–C–N with tert-alkyl or cyclic N) is 1. The van der Waals surface area contributed by atoms with E-state index in [1.807, 2.05) is 4.90 Å². The second kappa shape index (κ2) is 7.92. The quantitative estimate of drug-likeness (QED) is 0.751. The summed E-state index contributed by atoms with van der Waals surface area (Å²) in [6, 6.07) is 9.64. The van der Waals surface area contributed by atoms with E-state index in [1.165, 1.54) is 6.07 Å². The van der Waals surface area contributed by atoms with Gasteiger partial charge in [0, 0.05) is 24.7 Å². The van der Waals surface area contributed by atoms with Crippen LogP contribution in [-0.4, -0.2) is 32.7 Å². The lowest BCUT2D eigenvalue weighted by Crippen LogP contribution is -2.28. The number of hydrogen-bond acceptors (Lipinski definition) is 4. The fraction of sp³-hybridized carbons (Fsp3) is 0.294. The normalized spacial score (nSPS) is 17.7. The lowest BCUT2D eigenvalue weighted by molar-refractivity contribution is 0.198. The molecule has 1 fully saturated rings. The number of halogens is 3. The number of nitrogens with one attached hydrogen (secondary N) is 1. The van der Waals surface area contributed by atoms with E-state index in [-0.39, 0.29) is 11.4 Å². The van der Waals surface area contributed by atoms with Crippen LogP contribution in [0.2, 0.25) is 15.1 Å². The van der Waals surface area contributed by atoms with Crippen molar-refractivity contribution < 1.29 is 13.5 Å². The Labute approximate surface area is 167 Å². The first-order valence-corrected chi connectivity index (χ1v) is 10.5. The predicted molar refractivity (Wildman–Crippen MR) is 105 cm³/mol. The van der Waals surface area contributed by atoms with Crippen LogP contribution in [0.3, 0.4) is 0 Å². The fourth-order valence-electron chi connectivity index (χ4n) is 2.83. The Bertz CT molecular complexity index is 921. The molecule has 1 atom stereocenters. The topological polar surface area (TPSA) is 69.6 Å². The molecule has 0 spiro atoms. The van der Waals surface area contributed by atoms with Crippen molar-refractivity contribution in [2.45, 2.75) is 24.0 Å². The molecule has 2 aromatic carbocycles. The SMILES string of the molecule is O=S(=O)(NCc1ccc(Cl)c(Cl)c1)c1cc(Cl)ccc1N1CC[C@@H](O)C1. The van der Waals surface area contributed by atoms with Gasteiger partial charge in [-0.2, -0.15) is 0 Å². The highest BCUT2D eigenvalue weighted by Crippen LogP contribution is 2.31. The Hall–Kier alpha value is -1.02. The first kappa shape index (κ1) is 19.7. The number of aliphatic hydroxyl groups excluding tert-OH is 1.